The van der Waals surface area contributed by atoms with Crippen molar-refractivity contribution in [2.24, 2.45) is 5.73 Å². The lowest BCUT2D eigenvalue weighted by atomic mass is 9.93. The van der Waals surface area contributed by atoms with E-state index in [0.717, 1.165) is 16.3 Å². The van der Waals surface area contributed by atoms with Gasteiger partial charge >= 0.3 is 6.36 Å². The van der Waals surface area contributed by atoms with Gasteiger partial charge in [0.1, 0.15) is 11.5 Å². The van der Waals surface area contributed by atoms with E-state index in [9.17, 15) is 13.2 Å². The van der Waals surface area contributed by atoms with Gasteiger partial charge in [0.2, 0.25) is 0 Å². The number of fused-ring (bicyclic) bond motifs is 1. The highest BCUT2D eigenvalue weighted by atomic mass is 35.5. The first-order chi connectivity index (χ1) is 11.9. The van der Waals surface area contributed by atoms with Crippen molar-refractivity contribution in [3.63, 3.8) is 0 Å². The van der Waals surface area contributed by atoms with Crippen molar-refractivity contribution in [3.05, 3.63) is 71.8 Å². The third-order valence-corrected chi connectivity index (χ3v) is 3.93. The summed E-state index contributed by atoms with van der Waals surface area (Å²) in [6.07, 6.45) is -4.72. The third-order valence-electron chi connectivity index (χ3n) is 3.93. The fourth-order valence-electron chi connectivity index (χ4n) is 2.82. The summed E-state index contributed by atoms with van der Waals surface area (Å²) in [6.45, 7) is 0. The standard InChI is InChI=1S/C19H16F3NO2.ClH/c1-24-16-11-8-12-4-2-3-5-15(12)17(16)18(23)13-6-9-14(10-7-13)25-19(20,21)22;/h2-11,18H,23H2,1H3;1H/t18-;/m1./s1. The van der Waals surface area contributed by atoms with Crippen molar-refractivity contribution in [3.8, 4) is 11.5 Å². The normalized spacial score (nSPS) is 12.3. The Morgan fingerprint density at radius 3 is 2.19 bits per heavy atom. The second-order valence-electron chi connectivity index (χ2n) is 5.50. The highest BCUT2D eigenvalue weighted by Gasteiger charge is 2.31. The van der Waals surface area contributed by atoms with Crippen molar-refractivity contribution >= 4 is 23.2 Å². The molecule has 0 radical (unpaired) electrons. The summed E-state index contributed by atoms with van der Waals surface area (Å²) in [6, 6.07) is 16.5. The van der Waals surface area contributed by atoms with Gasteiger partial charge in [-0.05, 0) is 34.5 Å². The fourth-order valence-corrected chi connectivity index (χ4v) is 2.82. The smallest absolute Gasteiger partial charge is 0.496 e. The van der Waals surface area contributed by atoms with Crippen LogP contribution in [0.15, 0.2) is 60.7 Å². The van der Waals surface area contributed by atoms with Gasteiger partial charge in [0, 0.05) is 5.56 Å². The predicted molar refractivity (Wildman–Crippen MR) is 96.9 cm³/mol. The quantitative estimate of drug-likeness (QED) is 0.672. The van der Waals surface area contributed by atoms with Crippen molar-refractivity contribution in [1.29, 1.82) is 0 Å². The molecule has 138 valence electrons. The Kier molecular flexibility index (Phi) is 6.00. The summed E-state index contributed by atoms with van der Waals surface area (Å²) >= 11 is 0. The minimum atomic E-state index is -4.72. The van der Waals surface area contributed by atoms with Crippen molar-refractivity contribution in [1.82, 2.24) is 0 Å². The number of ether oxygens (including phenoxy) is 2. The predicted octanol–water partition coefficient (Wildman–Crippen LogP) is 5.22. The van der Waals surface area contributed by atoms with Crippen LogP contribution >= 0.6 is 12.4 Å². The van der Waals surface area contributed by atoms with E-state index >= 15 is 0 Å². The zero-order valence-corrected chi connectivity index (χ0v) is 14.6. The minimum absolute atomic E-state index is 0. The van der Waals surface area contributed by atoms with Crippen LogP contribution in [0.5, 0.6) is 11.5 Å². The first kappa shape index (κ1) is 19.9. The highest BCUT2D eigenvalue weighted by molar-refractivity contribution is 5.88. The van der Waals surface area contributed by atoms with E-state index in [4.69, 9.17) is 10.5 Å². The molecule has 0 aliphatic carbocycles. The van der Waals surface area contributed by atoms with Crippen LogP contribution in [0.1, 0.15) is 17.2 Å². The van der Waals surface area contributed by atoms with Gasteiger partial charge in [0.15, 0.2) is 0 Å². The molecule has 0 aliphatic rings. The van der Waals surface area contributed by atoms with E-state index in [1.807, 2.05) is 36.4 Å². The maximum Gasteiger partial charge on any atom is 0.573 e. The average molecular weight is 384 g/mol. The van der Waals surface area contributed by atoms with Crippen LogP contribution in [0.4, 0.5) is 13.2 Å². The molecule has 0 spiro atoms. The molecule has 0 saturated carbocycles. The molecular formula is C19H17ClF3NO2. The molecule has 0 aromatic heterocycles. The van der Waals surface area contributed by atoms with Crippen LogP contribution < -0.4 is 15.2 Å². The van der Waals surface area contributed by atoms with Crippen LogP contribution in [0.25, 0.3) is 10.8 Å². The van der Waals surface area contributed by atoms with Crippen molar-refractivity contribution in [2.75, 3.05) is 7.11 Å². The summed E-state index contributed by atoms with van der Waals surface area (Å²) in [5.74, 6) is 0.343. The minimum Gasteiger partial charge on any atom is -0.496 e. The first-order valence-electron chi connectivity index (χ1n) is 7.56. The third kappa shape index (κ3) is 4.20. The zero-order chi connectivity index (χ0) is 18.0. The molecule has 3 nitrogen and oxygen atoms in total. The van der Waals surface area contributed by atoms with Gasteiger partial charge in [0.25, 0.3) is 0 Å². The Bertz CT molecular complexity index is 882. The molecule has 1 atom stereocenters. The molecule has 0 heterocycles. The fraction of sp³-hybridized carbons (Fsp3) is 0.158. The van der Waals surface area contributed by atoms with Gasteiger partial charge in [-0.2, -0.15) is 0 Å². The molecule has 0 unspecified atom stereocenters. The van der Waals surface area contributed by atoms with E-state index in [1.54, 1.807) is 7.11 Å². The van der Waals surface area contributed by atoms with Crippen LogP contribution in [0.2, 0.25) is 0 Å². The number of halogens is 4. The number of hydrogen-bond acceptors (Lipinski definition) is 3. The Labute approximate surface area is 154 Å². The molecule has 0 bridgehead atoms. The van der Waals surface area contributed by atoms with Crippen LogP contribution in [-0.4, -0.2) is 13.5 Å². The lowest BCUT2D eigenvalue weighted by molar-refractivity contribution is -0.274. The largest absolute Gasteiger partial charge is 0.573 e. The number of methoxy groups -OCH3 is 1. The Hall–Kier alpha value is -2.44. The summed E-state index contributed by atoms with van der Waals surface area (Å²) in [5.41, 5.74) is 7.83. The number of alkyl halides is 3. The van der Waals surface area contributed by atoms with E-state index < -0.39 is 12.4 Å². The lowest BCUT2D eigenvalue weighted by Crippen LogP contribution is -2.17. The van der Waals surface area contributed by atoms with Crippen molar-refractivity contribution in [2.45, 2.75) is 12.4 Å². The Balaban J connectivity index is 0.00000243. The average Bonchev–Trinajstić information content (AvgIpc) is 2.59. The number of hydrogen-bond donors (Lipinski definition) is 1. The van der Waals surface area contributed by atoms with Gasteiger partial charge in [-0.1, -0.05) is 42.5 Å². The number of rotatable bonds is 4. The van der Waals surface area contributed by atoms with E-state index in [2.05, 4.69) is 4.74 Å². The number of nitrogens with two attached hydrogens (primary N) is 1. The number of benzene rings is 3. The Morgan fingerprint density at radius 2 is 1.58 bits per heavy atom. The first-order valence-corrected chi connectivity index (χ1v) is 7.56. The monoisotopic (exact) mass is 383 g/mol. The SMILES string of the molecule is COc1ccc2ccccc2c1[C@H](N)c1ccc(OC(F)(F)F)cc1.Cl. The molecule has 0 fully saturated rings. The van der Waals surface area contributed by atoms with Gasteiger partial charge in [-0.3, -0.25) is 0 Å². The molecule has 3 rings (SSSR count). The second kappa shape index (κ2) is 7.85. The zero-order valence-electron chi connectivity index (χ0n) is 13.8. The molecule has 3 aromatic carbocycles. The lowest BCUT2D eigenvalue weighted by Gasteiger charge is -2.19. The Morgan fingerprint density at radius 1 is 0.923 bits per heavy atom. The van der Waals surface area contributed by atoms with Crippen LogP contribution in [0, 0.1) is 0 Å². The van der Waals surface area contributed by atoms with Crippen molar-refractivity contribution < 1.29 is 22.6 Å². The summed E-state index contributed by atoms with van der Waals surface area (Å²) in [4.78, 5) is 0. The van der Waals surface area contributed by atoms with Gasteiger partial charge in [0.05, 0.1) is 13.2 Å². The van der Waals surface area contributed by atoms with E-state index in [0.29, 0.717) is 11.3 Å². The topological polar surface area (TPSA) is 44.5 Å². The highest BCUT2D eigenvalue weighted by Crippen LogP contribution is 2.35. The van der Waals surface area contributed by atoms with Gasteiger partial charge in [-0.15, -0.1) is 25.6 Å². The van der Waals surface area contributed by atoms with Gasteiger partial charge < -0.3 is 15.2 Å². The maximum atomic E-state index is 12.3. The molecule has 0 amide bonds. The molecule has 26 heavy (non-hydrogen) atoms. The van der Waals surface area contributed by atoms with Gasteiger partial charge in [-0.25, -0.2) is 0 Å². The maximum absolute atomic E-state index is 12.3. The molecular weight excluding hydrogens is 367 g/mol. The summed E-state index contributed by atoms with van der Waals surface area (Å²) in [5, 5.41) is 1.94. The van der Waals surface area contributed by atoms with Crippen LogP contribution in [-0.2, 0) is 0 Å². The molecule has 3 aromatic rings. The molecule has 7 heteroatoms. The molecule has 0 aliphatic heterocycles. The molecule has 2 N–H and O–H groups in total. The second-order valence-corrected chi connectivity index (χ2v) is 5.50. The summed E-state index contributed by atoms with van der Waals surface area (Å²) < 4.78 is 46.1. The molecule has 0 saturated heterocycles. The van der Waals surface area contributed by atoms with E-state index in [-0.39, 0.29) is 18.2 Å². The van der Waals surface area contributed by atoms with E-state index in [1.165, 1.54) is 24.3 Å². The van der Waals surface area contributed by atoms with Crippen LogP contribution in [0.3, 0.4) is 0 Å². The summed E-state index contributed by atoms with van der Waals surface area (Å²) in [7, 11) is 1.56.